The quantitative estimate of drug-likeness (QED) is 0.426. The van der Waals surface area contributed by atoms with Gasteiger partial charge in [0.15, 0.2) is 0 Å². The average Bonchev–Trinajstić information content (AvgIpc) is 2.39. The molecule has 0 fully saturated rings. The van der Waals surface area contributed by atoms with Gasteiger partial charge in [-0.05, 0) is 23.8 Å². The van der Waals surface area contributed by atoms with E-state index in [1.165, 1.54) is 16.5 Å². The van der Waals surface area contributed by atoms with E-state index in [4.69, 9.17) is 0 Å². The Balaban J connectivity index is 0.00000108. The van der Waals surface area contributed by atoms with Crippen LogP contribution in [0.5, 0.6) is 0 Å². The molecule has 0 atom stereocenters. The molecule has 0 aliphatic carbocycles. The summed E-state index contributed by atoms with van der Waals surface area (Å²) < 4.78 is 0. The number of benzene rings is 2. The van der Waals surface area contributed by atoms with Gasteiger partial charge in [-0.25, -0.2) is 0 Å². The van der Waals surface area contributed by atoms with E-state index in [1.54, 1.807) is 0 Å². The van der Waals surface area contributed by atoms with Crippen LogP contribution in [-0.2, 0) is 0 Å². The normalized spacial score (nSPS) is 9.88. The van der Waals surface area contributed by atoms with Gasteiger partial charge >= 0.3 is 18.9 Å². The van der Waals surface area contributed by atoms with Crippen LogP contribution in [0.2, 0.25) is 0 Å². The summed E-state index contributed by atoms with van der Waals surface area (Å²) >= 11 is 0. The minimum absolute atomic E-state index is 0. The van der Waals surface area contributed by atoms with Crippen molar-refractivity contribution in [1.29, 1.82) is 0 Å². The van der Waals surface area contributed by atoms with Crippen molar-refractivity contribution < 1.29 is 18.9 Å². The maximum atomic E-state index is 4.31. The third kappa shape index (κ3) is 2.41. The molecular weight excluding hydrogens is 201 g/mol. The Morgan fingerprint density at radius 2 is 1.71 bits per heavy atom. The summed E-state index contributed by atoms with van der Waals surface area (Å²) in [7, 11) is 0. The third-order valence-corrected chi connectivity index (χ3v) is 2.65. The number of nitrogens with zero attached hydrogens (tertiary/aromatic N) is 1. The molecule has 0 unspecified atom stereocenters. The van der Waals surface area contributed by atoms with Crippen molar-refractivity contribution in [2.24, 2.45) is 0 Å². The average molecular weight is 211 g/mol. The molecule has 0 spiro atoms. The molecule has 1 aromatic heterocycles. The van der Waals surface area contributed by atoms with Crippen LogP contribution in [0.3, 0.4) is 0 Å². The molecule has 0 bridgehead atoms. The van der Waals surface area contributed by atoms with E-state index >= 15 is 0 Å². The zero-order valence-electron chi connectivity index (χ0n) is 9.72. The van der Waals surface area contributed by atoms with Gasteiger partial charge in [-0.3, -0.25) is 4.98 Å². The smallest absolute Gasteiger partial charge is 0.256 e. The summed E-state index contributed by atoms with van der Waals surface area (Å²) in [6.45, 7) is 0. The zero-order chi connectivity index (χ0) is 10.8. The summed E-state index contributed by atoms with van der Waals surface area (Å²) in [4.78, 5) is 4.31. The number of rotatable bonds is 1. The second kappa shape index (κ2) is 5.18. The van der Waals surface area contributed by atoms with E-state index in [0.29, 0.717) is 0 Å². The topological polar surface area (TPSA) is 12.9 Å². The number of aromatic nitrogens is 1. The van der Waals surface area contributed by atoms with Crippen LogP contribution >= 0.6 is 0 Å². The van der Waals surface area contributed by atoms with Gasteiger partial charge in [0.05, 0.1) is 5.52 Å². The Hall–Kier alpha value is -1.55. The van der Waals surface area contributed by atoms with E-state index in [2.05, 4.69) is 47.4 Å². The molecule has 2 heteroatoms. The van der Waals surface area contributed by atoms with Gasteiger partial charge in [0.25, 0.3) is 0 Å². The number of fused-ring (bicyclic) bond motifs is 1. The monoisotopic (exact) mass is 211 g/mol. The van der Waals surface area contributed by atoms with Crippen molar-refractivity contribution in [3.8, 4) is 11.1 Å². The summed E-state index contributed by atoms with van der Waals surface area (Å²) in [6, 6.07) is 21.4. The van der Waals surface area contributed by atoms with E-state index in [9.17, 15) is 0 Å². The molecule has 1 nitrogen and oxygen atoms in total. The fourth-order valence-electron chi connectivity index (χ4n) is 1.83. The third-order valence-electron chi connectivity index (χ3n) is 2.65. The van der Waals surface area contributed by atoms with Gasteiger partial charge < -0.3 is 0 Å². The predicted octanol–water partition coefficient (Wildman–Crippen LogP) is 0.706. The van der Waals surface area contributed by atoms with Gasteiger partial charge in [0.2, 0.25) is 0 Å². The maximum absolute atomic E-state index is 4.31. The fourth-order valence-corrected chi connectivity index (χ4v) is 1.83. The summed E-state index contributed by atoms with van der Waals surface area (Å²) in [5.41, 5.74) is 3.47. The van der Waals surface area contributed by atoms with E-state index in [1.807, 2.05) is 24.4 Å². The van der Waals surface area contributed by atoms with Crippen molar-refractivity contribution in [3.63, 3.8) is 0 Å². The first kappa shape index (κ1) is 11.9. The van der Waals surface area contributed by atoms with Crippen LogP contribution in [0.15, 0.2) is 60.8 Å². The van der Waals surface area contributed by atoms with Crippen LogP contribution < -0.4 is 18.9 Å². The Labute approximate surface area is 113 Å². The standard InChI is InChI=1S/C15H10N.Li/c1-2-5-12(6-3-1)13-8-9-15-14(11-13)7-4-10-16-15;/h2-11H;/q-1;+1. The largest absolute Gasteiger partial charge is 1.00 e. The molecule has 0 saturated heterocycles. The van der Waals surface area contributed by atoms with Crippen molar-refractivity contribution in [3.05, 3.63) is 66.9 Å². The molecule has 3 aromatic rings. The molecule has 0 radical (unpaired) electrons. The first-order chi connectivity index (χ1) is 7.93. The van der Waals surface area contributed by atoms with Crippen molar-refractivity contribution >= 4 is 10.9 Å². The molecule has 0 aliphatic rings. The fraction of sp³-hybridized carbons (Fsp3) is 0. The first-order valence-electron chi connectivity index (χ1n) is 5.25. The zero-order valence-corrected chi connectivity index (χ0v) is 9.72. The molecule has 0 amide bonds. The number of hydrogen-bond acceptors (Lipinski definition) is 1. The molecule has 0 saturated carbocycles. The summed E-state index contributed by atoms with van der Waals surface area (Å²) in [5.74, 6) is 0. The van der Waals surface area contributed by atoms with Crippen molar-refractivity contribution in [1.82, 2.24) is 4.98 Å². The second-order valence-electron chi connectivity index (χ2n) is 3.70. The van der Waals surface area contributed by atoms with E-state index in [-0.39, 0.29) is 18.9 Å². The molecule has 17 heavy (non-hydrogen) atoms. The molecule has 2 aromatic carbocycles. The SMILES string of the molecule is [Li+].[c-]1ccc(-c2ccc3ncccc3c2)cc1. The van der Waals surface area contributed by atoms with Gasteiger partial charge in [0, 0.05) is 11.6 Å². The first-order valence-corrected chi connectivity index (χ1v) is 5.25. The predicted molar refractivity (Wildman–Crippen MR) is 66.0 cm³/mol. The van der Waals surface area contributed by atoms with Crippen LogP contribution in [0, 0.1) is 6.07 Å². The van der Waals surface area contributed by atoms with Crippen LogP contribution in [0.1, 0.15) is 0 Å². The van der Waals surface area contributed by atoms with Crippen molar-refractivity contribution in [2.75, 3.05) is 0 Å². The molecule has 76 valence electrons. The maximum Gasteiger partial charge on any atom is 1.00 e. The number of hydrogen-bond donors (Lipinski definition) is 0. The van der Waals surface area contributed by atoms with Crippen molar-refractivity contribution in [2.45, 2.75) is 0 Å². The molecule has 1 heterocycles. The summed E-state index contributed by atoms with van der Waals surface area (Å²) in [6.07, 6.45) is 1.82. The molecule has 3 rings (SSSR count). The van der Waals surface area contributed by atoms with Crippen LogP contribution in [0.4, 0.5) is 0 Å². The Kier molecular flexibility index (Phi) is 3.64. The Bertz CT molecular complexity index is 620. The molecular formula is C15H10LiN. The molecule has 0 N–H and O–H groups in total. The minimum Gasteiger partial charge on any atom is -0.256 e. The minimum atomic E-state index is 0. The van der Waals surface area contributed by atoms with Gasteiger partial charge in [-0.1, -0.05) is 12.1 Å². The molecule has 0 aliphatic heterocycles. The van der Waals surface area contributed by atoms with Gasteiger partial charge in [-0.2, -0.15) is 30.3 Å². The Morgan fingerprint density at radius 3 is 2.53 bits per heavy atom. The Morgan fingerprint density at radius 1 is 0.882 bits per heavy atom. The number of pyridine rings is 1. The second-order valence-corrected chi connectivity index (χ2v) is 3.70. The van der Waals surface area contributed by atoms with E-state index < -0.39 is 0 Å². The van der Waals surface area contributed by atoms with Crippen LogP contribution in [0.25, 0.3) is 22.0 Å². The van der Waals surface area contributed by atoms with Crippen LogP contribution in [-0.4, -0.2) is 4.98 Å². The van der Waals surface area contributed by atoms with Gasteiger partial charge in [0.1, 0.15) is 0 Å². The van der Waals surface area contributed by atoms with E-state index in [0.717, 1.165) is 5.52 Å². The van der Waals surface area contributed by atoms with Gasteiger partial charge in [-0.15, -0.1) is 5.56 Å². The summed E-state index contributed by atoms with van der Waals surface area (Å²) in [5, 5.41) is 1.17.